The minimum atomic E-state index is -0.977. The Morgan fingerprint density at radius 3 is 2.33 bits per heavy atom. The summed E-state index contributed by atoms with van der Waals surface area (Å²) in [6, 6.07) is 2.07. The van der Waals surface area contributed by atoms with Gasteiger partial charge in [0.1, 0.15) is 5.52 Å². The number of aromatic nitrogens is 2. The van der Waals surface area contributed by atoms with Crippen molar-refractivity contribution in [3.63, 3.8) is 0 Å². The summed E-state index contributed by atoms with van der Waals surface area (Å²) >= 11 is 0. The van der Waals surface area contributed by atoms with E-state index in [4.69, 9.17) is 0 Å². The maximum absolute atomic E-state index is 14.2. The monoisotopic (exact) mass is 317 g/mol. The van der Waals surface area contributed by atoms with E-state index in [1.54, 1.807) is 6.07 Å². The van der Waals surface area contributed by atoms with Crippen molar-refractivity contribution in [2.24, 2.45) is 0 Å². The maximum atomic E-state index is 14.2. The van der Waals surface area contributed by atoms with E-state index in [9.17, 15) is 13.6 Å². The van der Waals surface area contributed by atoms with E-state index in [2.05, 4.69) is 15.3 Å². The lowest BCUT2D eigenvalue weighted by Gasteiger charge is -2.33. The molecule has 2 unspecified atom stereocenters. The average Bonchev–Trinajstić information content (AvgIpc) is 2.73. The van der Waals surface area contributed by atoms with Crippen LogP contribution in [0.4, 0.5) is 8.78 Å². The van der Waals surface area contributed by atoms with Gasteiger partial charge in [0, 0.05) is 12.1 Å². The van der Waals surface area contributed by atoms with Gasteiger partial charge in [-0.3, -0.25) is 0 Å². The number of imidazole rings is 1. The largest absolute Gasteiger partial charge is 0.323 e. The molecule has 3 N–H and O–H groups in total. The van der Waals surface area contributed by atoms with Crippen molar-refractivity contribution < 1.29 is 8.78 Å². The van der Waals surface area contributed by atoms with Crippen molar-refractivity contribution in [3.8, 4) is 0 Å². The molecule has 21 heavy (non-hydrogen) atoms. The molecule has 4 nitrogen and oxygen atoms in total. The smallest absolute Gasteiger partial charge is 0.312 e. The zero-order valence-electron chi connectivity index (χ0n) is 11.8. The van der Waals surface area contributed by atoms with Crippen LogP contribution in [0.25, 0.3) is 11.0 Å². The quantitative estimate of drug-likeness (QED) is 0.757. The number of fused-ring (bicyclic) bond motifs is 1. The fraction of sp³-hybridized carbons (Fsp3) is 0.500. The molecule has 1 saturated heterocycles. The number of hydrogen-bond acceptors (Lipinski definition) is 2. The van der Waals surface area contributed by atoms with Crippen LogP contribution < -0.4 is 11.0 Å². The minimum Gasteiger partial charge on any atom is -0.312 e. The Labute approximate surface area is 126 Å². The first-order valence-corrected chi connectivity index (χ1v) is 6.81. The van der Waals surface area contributed by atoms with Gasteiger partial charge in [-0.1, -0.05) is 0 Å². The number of benzene rings is 1. The van der Waals surface area contributed by atoms with Gasteiger partial charge in [0.25, 0.3) is 0 Å². The third kappa shape index (κ3) is 2.82. The highest BCUT2D eigenvalue weighted by Gasteiger charge is 2.28. The summed E-state index contributed by atoms with van der Waals surface area (Å²) in [6.07, 6.45) is 1.50. The highest BCUT2D eigenvalue weighted by Crippen LogP contribution is 2.34. The number of nitrogens with one attached hydrogen (secondary N) is 3. The predicted molar refractivity (Wildman–Crippen MR) is 80.1 cm³/mol. The Hall–Kier alpha value is -1.40. The minimum absolute atomic E-state index is 0. The predicted octanol–water partition coefficient (Wildman–Crippen LogP) is 2.80. The molecule has 1 aliphatic rings. The van der Waals surface area contributed by atoms with Gasteiger partial charge >= 0.3 is 5.69 Å². The van der Waals surface area contributed by atoms with Gasteiger partial charge in [0.15, 0.2) is 11.6 Å². The molecule has 0 bridgehead atoms. The average molecular weight is 318 g/mol. The molecule has 1 aromatic carbocycles. The summed E-state index contributed by atoms with van der Waals surface area (Å²) in [4.78, 5) is 16.0. The Morgan fingerprint density at radius 2 is 1.71 bits per heavy atom. The van der Waals surface area contributed by atoms with E-state index in [0.717, 1.165) is 12.8 Å². The molecule has 7 heteroatoms. The first kappa shape index (κ1) is 16.0. The summed E-state index contributed by atoms with van der Waals surface area (Å²) in [5.74, 6) is -1.87. The van der Waals surface area contributed by atoms with E-state index >= 15 is 0 Å². The van der Waals surface area contributed by atoms with Crippen molar-refractivity contribution in [3.05, 3.63) is 33.7 Å². The number of hydrogen-bond donors (Lipinski definition) is 3. The first-order chi connectivity index (χ1) is 9.45. The van der Waals surface area contributed by atoms with Crippen LogP contribution in [0.15, 0.2) is 10.9 Å². The topological polar surface area (TPSA) is 60.7 Å². The van der Waals surface area contributed by atoms with E-state index in [-0.39, 0.29) is 35.9 Å². The van der Waals surface area contributed by atoms with Gasteiger partial charge in [-0.2, -0.15) is 0 Å². The lowest BCUT2D eigenvalue weighted by atomic mass is 9.83. The zero-order valence-corrected chi connectivity index (χ0v) is 12.6. The van der Waals surface area contributed by atoms with E-state index in [0.29, 0.717) is 11.1 Å². The zero-order chi connectivity index (χ0) is 14.4. The lowest BCUT2D eigenvalue weighted by molar-refractivity contribution is 0.310. The summed E-state index contributed by atoms with van der Waals surface area (Å²) in [5.41, 5.74) is 0.0574. The summed E-state index contributed by atoms with van der Waals surface area (Å²) < 4.78 is 28.3. The molecule has 0 amide bonds. The fourth-order valence-corrected chi connectivity index (χ4v) is 3.26. The SMILES string of the molecule is CC1CC(c2cc3[nH]c(=O)[nH]c3c(F)c2F)CC(C)N1.Cl. The number of piperidine rings is 1. The Morgan fingerprint density at radius 1 is 1.10 bits per heavy atom. The molecule has 2 aromatic rings. The molecule has 0 spiro atoms. The van der Waals surface area contributed by atoms with Gasteiger partial charge in [0.05, 0.1) is 5.52 Å². The summed E-state index contributed by atoms with van der Waals surface area (Å²) in [7, 11) is 0. The highest BCUT2D eigenvalue weighted by atomic mass is 35.5. The fourth-order valence-electron chi connectivity index (χ4n) is 3.26. The van der Waals surface area contributed by atoms with Crippen molar-refractivity contribution >= 4 is 23.4 Å². The van der Waals surface area contributed by atoms with Crippen LogP contribution in [0.2, 0.25) is 0 Å². The van der Waals surface area contributed by atoms with E-state index in [1.165, 1.54) is 0 Å². The van der Waals surface area contributed by atoms with Crippen molar-refractivity contribution in [2.75, 3.05) is 0 Å². The second-order valence-electron chi connectivity index (χ2n) is 5.73. The Balaban J connectivity index is 0.00000161. The van der Waals surface area contributed by atoms with Crippen molar-refractivity contribution in [1.82, 2.24) is 15.3 Å². The molecule has 2 atom stereocenters. The molecule has 1 fully saturated rings. The lowest BCUT2D eigenvalue weighted by Crippen LogP contribution is -2.41. The summed E-state index contributed by atoms with van der Waals surface area (Å²) in [5, 5.41) is 3.37. The molecule has 2 heterocycles. The van der Waals surface area contributed by atoms with Crippen molar-refractivity contribution in [2.45, 2.75) is 44.7 Å². The maximum Gasteiger partial charge on any atom is 0.323 e. The standard InChI is InChI=1S/C14H17F2N3O.ClH/c1-6-3-8(4-7(2)17-6)9-5-10-13(12(16)11(9)15)19-14(20)18-10;/h5-8,17H,3-4H2,1-2H3,(H2,18,19,20);1H. The number of halogens is 3. The molecule has 0 saturated carbocycles. The first-order valence-electron chi connectivity index (χ1n) is 6.81. The molecular formula is C14H18ClF2N3O. The van der Waals surface area contributed by atoms with Crippen LogP contribution in [-0.4, -0.2) is 22.1 Å². The Kier molecular flexibility index (Phi) is 4.39. The molecule has 1 aromatic heterocycles. The molecule has 116 valence electrons. The van der Waals surface area contributed by atoms with Gasteiger partial charge in [-0.25, -0.2) is 13.6 Å². The second kappa shape index (κ2) is 5.77. The van der Waals surface area contributed by atoms with Crippen molar-refractivity contribution in [1.29, 1.82) is 0 Å². The van der Waals surface area contributed by atoms with Crippen LogP contribution in [0.3, 0.4) is 0 Å². The normalized spacial score (nSPS) is 25.8. The van der Waals surface area contributed by atoms with Crippen LogP contribution in [0, 0.1) is 11.6 Å². The van der Waals surface area contributed by atoms with Gasteiger partial charge < -0.3 is 15.3 Å². The van der Waals surface area contributed by atoms with Gasteiger partial charge in [-0.05, 0) is 44.2 Å². The molecular weight excluding hydrogens is 300 g/mol. The number of rotatable bonds is 1. The third-order valence-corrected chi connectivity index (χ3v) is 4.01. The molecule has 3 rings (SSSR count). The van der Waals surface area contributed by atoms with E-state index in [1.807, 2.05) is 13.8 Å². The van der Waals surface area contributed by atoms with Gasteiger partial charge in [-0.15, -0.1) is 12.4 Å². The van der Waals surface area contributed by atoms with Gasteiger partial charge in [0.2, 0.25) is 0 Å². The van der Waals surface area contributed by atoms with Crippen LogP contribution in [0.5, 0.6) is 0 Å². The molecule has 0 aliphatic carbocycles. The van der Waals surface area contributed by atoms with E-state index < -0.39 is 17.3 Å². The number of H-pyrrole nitrogens is 2. The van der Waals surface area contributed by atoms with Crippen LogP contribution >= 0.6 is 12.4 Å². The Bertz CT molecular complexity index is 702. The molecule has 1 aliphatic heterocycles. The number of aromatic amines is 2. The third-order valence-electron chi connectivity index (χ3n) is 4.01. The van der Waals surface area contributed by atoms with Crippen LogP contribution in [-0.2, 0) is 0 Å². The summed E-state index contributed by atoms with van der Waals surface area (Å²) in [6.45, 7) is 4.07. The second-order valence-corrected chi connectivity index (χ2v) is 5.73. The van der Waals surface area contributed by atoms with Crippen LogP contribution in [0.1, 0.15) is 38.2 Å². The highest BCUT2D eigenvalue weighted by molar-refractivity contribution is 5.85. The molecule has 0 radical (unpaired) electrons.